The topological polar surface area (TPSA) is 44.4 Å². The quantitative estimate of drug-likeness (QED) is 0.859. The fourth-order valence-electron chi connectivity index (χ4n) is 3.36. The smallest absolute Gasteiger partial charge is 0.225 e. The average molecular weight is 348 g/mol. The van der Waals surface area contributed by atoms with Crippen LogP contribution in [0.25, 0.3) is 0 Å². The highest BCUT2D eigenvalue weighted by atomic mass is 32.2. The number of hydrogen-bond acceptors (Lipinski definition) is 4. The Morgan fingerprint density at radius 1 is 1.29 bits per heavy atom. The van der Waals surface area contributed by atoms with Gasteiger partial charge in [0.2, 0.25) is 5.91 Å². The van der Waals surface area contributed by atoms with Crippen LogP contribution in [0.2, 0.25) is 0 Å². The first kappa shape index (κ1) is 17.8. The monoisotopic (exact) mass is 347 g/mol. The highest BCUT2D eigenvalue weighted by Gasteiger charge is 2.17. The van der Waals surface area contributed by atoms with Gasteiger partial charge in [-0.25, -0.2) is 0 Å². The lowest BCUT2D eigenvalue weighted by Crippen LogP contribution is -2.39. The molecule has 2 fully saturated rings. The highest BCUT2D eigenvalue weighted by molar-refractivity contribution is 7.99. The molecular weight excluding hydrogens is 318 g/mol. The number of amides is 1. The zero-order chi connectivity index (χ0) is 16.8. The molecule has 24 heavy (non-hydrogen) atoms. The summed E-state index contributed by atoms with van der Waals surface area (Å²) in [5.74, 6) is 3.15. The summed E-state index contributed by atoms with van der Waals surface area (Å²) in [6, 6.07) is 8.65. The molecule has 1 aromatic carbocycles. The molecule has 0 aromatic heterocycles. The molecule has 5 heteroatoms. The molecule has 2 aliphatic rings. The largest absolute Gasteiger partial charge is 0.326 e. The molecule has 3 rings (SSSR count). The molecule has 1 amide bonds. The van der Waals surface area contributed by atoms with Crippen LogP contribution in [0.3, 0.4) is 0 Å². The Hall–Kier alpha value is -1.04. The summed E-state index contributed by atoms with van der Waals surface area (Å²) in [6.07, 6.45) is 3.17. The minimum Gasteiger partial charge on any atom is -0.326 e. The number of piperidine rings is 1. The number of likely N-dealkylation sites (tertiary alicyclic amines) is 1. The molecule has 0 saturated carbocycles. The van der Waals surface area contributed by atoms with Crippen molar-refractivity contribution in [2.45, 2.75) is 38.8 Å². The number of nitrogens with one attached hydrogen (secondary N) is 2. The van der Waals surface area contributed by atoms with Gasteiger partial charge in [-0.05, 0) is 49.5 Å². The first-order valence-electron chi connectivity index (χ1n) is 9.11. The summed E-state index contributed by atoms with van der Waals surface area (Å²) in [7, 11) is 0. The summed E-state index contributed by atoms with van der Waals surface area (Å²) >= 11 is 1.92. The number of benzene rings is 1. The zero-order valence-corrected chi connectivity index (χ0v) is 15.4. The van der Waals surface area contributed by atoms with Crippen LogP contribution < -0.4 is 10.6 Å². The molecule has 1 unspecified atom stereocenters. The number of nitrogens with zero attached hydrogens (tertiary/aromatic N) is 1. The standard InChI is InChI=1S/C19H29N3OS/c1-15-6-9-22(10-7-15)13-16-2-4-17(5-3-16)21-19(23)12-18-14-24-11-8-20-18/h2-5,15,18,20H,6-14H2,1H3,(H,21,23). The number of thioether (sulfide) groups is 1. The Kier molecular flexibility index (Phi) is 6.58. The van der Waals surface area contributed by atoms with Gasteiger partial charge in [-0.3, -0.25) is 9.69 Å². The van der Waals surface area contributed by atoms with Crippen LogP contribution in [-0.4, -0.2) is 48.0 Å². The van der Waals surface area contributed by atoms with Crippen LogP contribution >= 0.6 is 11.8 Å². The molecule has 1 atom stereocenters. The van der Waals surface area contributed by atoms with Crippen molar-refractivity contribution in [3.05, 3.63) is 29.8 Å². The van der Waals surface area contributed by atoms with E-state index in [4.69, 9.17) is 0 Å². The predicted molar refractivity (Wildman–Crippen MR) is 102 cm³/mol. The van der Waals surface area contributed by atoms with E-state index >= 15 is 0 Å². The Labute approximate surface area is 149 Å². The summed E-state index contributed by atoms with van der Waals surface area (Å²) in [6.45, 7) is 6.77. The number of carbonyl (C=O) groups excluding carboxylic acids is 1. The third-order valence-electron chi connectivity index (χ3n) is 4.95. The molecule has 2 N–H and O–H groups in total. The molecule has 2 aliphatic heterocycles. The fourth-order valence-corrected chi connectivity index (χ4v) is 4.31. The van der Waals surface area contributed by atoms with E-state index in [9.17, 15) is 4.79 Å². The summed E-state index contributed by atoms with van der Waals surface area (Å²) in [4.78, 5) is 14.7. The maximum Gasteiger partial charge on any atom is 0.225 e. The van der Waals surface area contributed by atoms with Crippen molar-refractivity contribution in [2.24, 2.45) is 5.92 Å². The Balaban J connectivity index is 1.44. The second kappa shape index (κ2) is 8.88. The van der Waals surface area contributed by atoms with Gasteiger partial charge in [0.05, 0.1) is 0 Å². The maximum atomic E-state index is 12.1. The van der Waals surface area contributed by atoms with E-state index < -0.39 is 0 Å². The van der Waals surface area contributed by atoms with Gasteiger partial charge < -0.3 is 10.6 Å². The van der Waals surface area contributed by atoms with Crippen molar-refractivity contribution in [1.82, 2.24) is 10.2 Å². The van der Waals surface area contributed by atoms with Crippen molar-refractivity contribution < 1.29 is 4.79 Å². The molecule has 4 nitrogen and oxygen atoms in total. The summed E-state index contributed by atoms with van der Waals surface area (Å²) in [5.41, 5.74) is 2.23. The molecular formula is C19H29N3OS. The Morgan fingerprint density at radius 3 is 2.71 bits per heavy atom. The van der Waals surface area contributed by atoms with Gasteiger partial charge in [-0.1, -0.05) is 19.1 Å². The third kappa shape index (κ3) is 5.50. The number of rotatable bonds is 5. The van der Waals surface area contributed by atoms with Crippen LogP contribution in [0.1, 0.15) is 31.7 Å². The lowest BCUT2D eigenvalue weighted by Gasteiger charge is -2.30. The molecule has 0 bridgehead atoms. The van der Waals surface area contributed by atoms with Gasteiger partial charge >= 0.3 is 0 Å². The summed E-state index contributed by atoms with van der Waals surface area (Å²) in [5, 5.41) is 6.43. The average Bonchev–Trinajstić information content (AvgIpc) is 2.59. The molecule has 0 aliphatic carbocycles. The van der Waals surface area contributed by atoms with E-state index in [1.165, 1.54) is 31.5 Å². The second-order valence-corrected chi connectivity index (χ2v) is 8.28. The van der Waals surface area contributed by atoms with Gasteiger partial charge in [0.1, 0.15) is 0 Å². The van der Waals surface area contributed by atoms with Crippen molar-refractivity contribution in [2.75, 3.05) is 36.5 Å². The molecule has 2 saturated heterocycles. The van der Waals surface area contributed by atoms with Gasteiger partial charge in [-0.15, -0.1) is 0 Å². The lowest BCUT2D eigenvalue weighted by atomic mass is 9.99. The molecule has 2 heterocycles. The van der Waals surface area contributed by atoms with Crippen LogP contribution in [0.15, 0.2) is 24.3 Å². The normalized spacial score (nSPS) is 23.1. The van der Waals surface area contributed by atoms with Gasteiger partial charge in [0.25, 0.3) is 0 Å². The SMILES string of the molecule is CC1CCN(Cc2ccc(NC(=O)CC3CSCCN3)cc2)CC1. The van der Waals surface area contributed by atoms with Crippen LogP contribution in [-0.2, 0) is 11.3 Å². The van der Waals surface area contributed by atoms with Crippen molar-refractivity contribution in [3.8, 4) is 0 Å². The van der Waals surface area contributed by atoms with E-state index in [2.05, 4.69) is 34.6 Å². The van der Waals surface area contributed by atoms with E-state index in [-0.39, 0.29) is 5.91 Å². The third-order valence-corrected chi connectivity index (χ3v) is 6.08. The van der Waals surface area contributed by atoms with E-state index in [1.807, 2.05) is 23.9 Å². The first-order chi connectivity index (χ1) is 11.7. The zero-order valence-electron chi connectivity index (χ0n) is 14.6. The van der Waals surface area contributed by atoms with Crippen LogP contribution in [0, 0.1) is 5.92 Å². The second-order valence-electron chi connectivity index (χ2n) is 7.13. The molecule has 0 radical (unpaired) electrons. The van der Waals surface area contributed by atoms with Crippen molar-refractivity contribution in [1.29, 1.82) is 0 Å². The lowest BCUT2D eigenvalue weighted by molar-refractivity contribution is -0.116. The van der Waals surface area contributed by atoms with E-state index in [1.54, 1.807) is 0 Å². The Bertz CT molecular complexity index is 520. The minimum absolute atomic E-state index is 0.104. The maximum absolute atomic E-state index is 12.1. The number of hydrogen-bond donors (Lipinski definition) is 2. The predicted octanol–water partition coefficient (Wildman–Crippen LogP) is 2.95. The highest BCUT2D eigenvalue weighted by Crippen LogP contribution is 2.19. The van der Waals surface area contributed by atoms with Gasteiger partial charge in [-0.2, -0.15) is 11.8 Å². The number of anilines is 1. The van der Waals surface area contributed by atoms with E-state index in [0.717, 1.165) is 36.2 Å². The molecule has 132 valence electrons. The summed E-state index contributed by atoms with van der Waals surface area (Å²) < 4.78 is 0. The fraction of sp³-hybridized carbons (Fsp3) is 0.632. The molecule has 0 spiro atoms. The minimum atomic E-state index is 0.104. The van der Waals surface area contributed by atoms with Crippen molar-refractivity contribution in [3.63, 3.8) is 0 Å². The Morgan fingerprint density at radius 2 is 2.04 bits per heavy atom. The van der Waals surface area contributed by atoms with Gasteiger partial charge in [0, 0.05) is 42.7 Å². The van der Waals surface area contributed by atoms with E-state index in [0.29, 0.717) is 12.5 Å². The number of carbonyl (C=O) groups is 1. The van der Waals surface area contributed by atoms with Crippen LogP contribution in [0.4, 0.5) is 5.69 Å². The first-order valence-corrected chi connectivity index (χ1v) is 10.3. The van der Waals surface area contributed by atoms with Crippen molar-refractivity contribution >= 4 is 23.4 Å². The van der Waals surface area contributed by atoms with Gasteiger partial charge in [0.15, 0.2) is 0 Å². The van der Waals surface area contributed by atoms with Crippen LogP contribution in [0.5, 0.6) is 0 Å². The molecule has 1 aromatic rings.